The van der Waals surface area contributed by atoms with E-state index in [0.29, 0.717) is 5.78 Å². The van der Waals surface area contributed by atoms with E-state index in [4.69, 9.17) is 0 Å². The molecule has 0 aromatic heterocycles. The quantitative estimate of drug-likeness (QED) is 0.346. The molecule has 1 aliphatic carbocycles. The first-order chi connectivity index (χ1) is 7.20. The second-order valence-corrected chi connectivity index (χ2v) is 6.47. The Labute approximate surface area is 108 Å². The maximum Gasteiger partial charge on any atom is 0.129 e. The molecule has 15 heavy (non-hydrogen) atoms. The van der Waals surface area contributed by atoms with Crippen molar-refractivity contribution < 1.29 is 4.79 Å². The number of ketones is 1. The first-order valence-electron chi connectivity index (χ1n) is 6.33. The van der Waals surface area contributed by atoms with Gasteiger partial charge >= 0.3 is 0 Å². The molecule has 1 fully saturated rings. The molecule has 1 nitrogen and oxygen atoms in total. The molecule has 0 aromatic rings. The van der Waals surface area contributed by atoms with E-state index in [1.807, 2.05) is 0 Å². The molecule has 0 aromatic carbocycles. The average Bonchev–Trinajstić information content (AvgIpc) is 2.86. The van der Waals surface area contributed by atoms with Gasteiger partial charge in [-0.05, 0) is 32.1 Å². The Hall–Kier alpha value is 0.400. The number of hydrogen-bond acceptors (Lipinski definition) is 1. The number of carbonyl (C=O) groups excluding carboxylic acids is 1. The molecule has 0 bridgehead atoms. The molecular formula is C13H23IO. The average molecular weight is 322 g/mol. The number of rotatable bonds is 9. The monoisotopic (exact) mass is 322 g/mol. The fourth-order valence-electron chi connectivity index (χ4n) is 2.00. The Morgan fingerprint density at radius 3 is 2.20 bits per heavy atom. The molecule has 0 unspecified atom stereocenters. The van der Waals surface area contributed by atoms with E-state index in [2.05, 4.69) is 22.6 Å². The van der Waals surface area contributed by atoms with Crippen LogP contribution < -0.4 is 0 Å². The van der Waals surface area contributed by atoms with Crippen LogP contribution >= 0.6 is 22.6 Å². The summed E-state index contributed by atoms with van der Waals surface area (Å²) in [5, 5.41) is 0. The minimum atomic E-state index is 0.344. The van der Waals surface area contributed by atoms with Crippen LogP contribution in [-0.4, -0.2) is 9.71 Å². The molecule has 0 amide bonds. The van der Waals surface area contributed by atoms with Crippen LogP contribution in [0.4, 0.5) is 0 Å². The third kappa shape index (κ3) is 7.31. The third-order valence-corrected chi connectivity index (χ3v) is 4.72. The van der Waals surface area contributed by atoms with Crippen LogP contribution in [-0.2, 0) is 4.79 Å². The second-order valence-electron chi connectivity index (χ2n) is 4.87. The Morgan fingerprint density at radius 1 is 1.13 bits per heavy atom. The zero-order chi connectivity index (χ0) is 11.1. The van der Waals surface area contributed by atoms with Crippen LogP contribution in [0.3, 0.4) is 0 Å². The molecule has 0 spiro atoms. The molecule has 1 aliphatic rings. The molecule has 1 rings (SSSR count). The molecule has 0 aliphatic heterocycles. The van der Waals surface area contributed by atoms with Gasteiger partial charge in [0.15, 0.2) is 0 Å². The van der Waals surface area contributed by atoms with E-state index in [-0.39, 0.29) is 0 Å². The zero-order valence-electron chi connectivity index (χ0n) is 9.80. The van der Waals surface area contributed by atoms with Crippen LogP contribution in [0.25, 0.3) is 0 Å². The highest BCUT2D eigenvalue weighted by molar-refractivity contribution is 14.1. The van der Waals surface area contributed by atoms with E-state index in [1.165, 1.54) is 44.9 Å². The molecule has 2 heteroatoms. The van der Waals surface area contributed by atoms with Gasteiger partial charge in [-0.1, -0.05) is 54.7 Å². The maximum atomic E-state index is 10.7. The van der Waals surface area contributed by atoms with Crippen molar-refractivity contribution in [2.45, 2.75) is 68.6 Å². The lowest BCUT2D eigenvalue weighted by atomic mass is 10.1. The van der Waals surface area contributed by atoms with Crippen molar-refractivity contribution in [1.82, 2.24) is 0 Å². The van der Waals surface area contributed by atoms with Gasteiger partial charge in [0, 0.05) is 10.3 Å². The number of hydrogen-bond donors (Lipinski definition) is 0. The Balaban J connectivity index is 1.71. The van der Waals surface area contributed by atoms with Crippen LogP contribution in [0.2, 0.25) is 0 Å². The molecule has 0 saturated heterocycles. The van der Waals surface area contributed by atoms with Crippen molar-refractivity contribution in [2.24, 2.45) is 5.92 Å². The van der Waals surface area contributed by atoms with Crippen molar-refractivity contribution in [3.8, 4) is 0 Å². The first kappa shape index (κ1) is 13.5. The summed E-state index contributed by atoms with van der Waals surface area (Å²) in [5.74, 6) is 1.40. The summed E-state index contributed by atoms with van der Waals surface area (Å²) in [7, 11) is 0. The lowest BCUT2D eigenvalue weighted by molar-refractivity contribution is -0.117. The van der Waals surface area contributed by atoms with Crippen molar-refractivity contribution >= 4 is 28.4 Å². The lowest BCUT2D eigenvalue weighted by Crippen LogP contribution is -1.89. The van der Waals surface area contributed by atoms with Gasteiger partial charge < -0.3 is 4.79 Å². The Bertz CT molecular complexity index is 191. The minimum absolute atomic E-state index is 0.344. The first-order valence-corrected chi connectivity index (χ1v) is 7.58. The number of carbonyl (C=O) groups is 1. The summed E-state index contributed by atoms with van der Waals surface area (Å²) < 4.78 is 0.998. The molecule has 0 heterocycles. The summed E-state index contributed by atoms with van der Waals surface area (Å²) in [6.45, 7) is 1.69. The molecule has 0 radical (unpaired) electrons. The van der Waals surface area contributed by atoms with Gasteiger partial charge in [0.25, 0.3) is 0 Å². The van der Waals surface area contributed by atoms with Crippen molar-refractivity contribution in [1.29, 1.82) is 0 Å². The van der Waals surface area contributed by atoms with E-state index in [9.17, 15) is 4.79 Å². The van der Waals surface area contributed by atoms with Crippen molar-refractivity contribution in [3.63, 3.8) is 0 Å². The van der Waals surface area contributed by atoms with Gasteiger partial charge in [-0.2, -0.15) is 0 Å². The number of halogens is 1. The zero-order valence-corrected chi connectivity index (χ0v) is 12.0. The predicted octanol–water partition coefficient (Wildman–Crippen LogP) is 4.52. The van der Waals surface area contributed by atoms with E-state index in [1.54, 1.807) is 6.92 Å². The lowest BCUT2D eigenvalue weighted by Gasteiger charge is -2.00. The summed E-state index contributed by atoms with van der Waals surface area (Å²) in [5.41, 5.74) is 0. The van der Waals surface area contributed by atoms with Gasteiger partial charge in [-0.15, -0.1) is 0 Å². The number of alkyl halides is 1. The molecule has 2 atom stereocenters. The van der Waals surface area contributed by atoms with Gasteiger partial charge in [-0.25, -0.2) is 0 Å². The highest BCUT2D eigenvalue weighted by Gasteiger charge is 2.33. The van der Waals surface area contributed by atoms with E-state index in [0.717, 1.165) is 22.7 Å². The topological polar surface area (TPSA) is 17.1 Å². The van der Waals surface area contributed by atoms with Crippen LogP contribution in [0, 0.1) is 5.92 Å². The third-order valence-electron chi connectivity index (χ3n) is 3.19. The van der Waals surface area contributed by atoms with Crippen molar-refractivity contribution in [2.75, 3.05) is 0 Å². The van der Waals surface area contributed by atoms with Gasteiger partial charge in [0.2, 0.25) is 0 Å². The van der Waals surface area contributed by atoms with Gasteiger partial charge in [-0.3, -0.25) is 0 Å². The Kier molecular flexibility index (Phi) is 6.86. The fraction of sp³-hybridized carbons (Fsp3) is 0.923. The Morgan fingerprint density at radius 2 is 1.67 bits per heavy atom. The van der Waals surface area contributed by atoms with Crippen LogP contribution in [0.15, 0.2) is 0 Å². The number of Topliss-reactive ketones (excluding diaryl/α,β-unsaturated/α-hetero) is 1. The smallest absolute Gasteiger partial charge is 0.129 e. The predicted molar refractivity (Wildman–Crippen MR) is 73.5 cm³/mol. The van der Waals surface area contributed by atoms with E-state index < -0.39 is 0 Å². The van der Waals surface area contributed by atoms with Crippen LogP contribution in [0.5, 0.6) is 0 Å². The maximum absolute atomic E-state index is 10.7. The summed E-state index contributed by atoms with van der Waals surface area (Å²) in [4.78, 5) is 10.7. The van der Waals surface area contributed by atoms with Gasteiger partial charge in [0.05, 0.1) is 0 Å². The second kappa shape index (κ2) is 7.64. The normalized spacial score (nSPS) is 24.1. The fourth-order valence-corrected chi connectivity index (χ4v) is 3.01. The summed E-state index contributed by atoms with van der Waals surface area (Å²) in [6.07, 6.45) is 11.6. The molecule has 88 valence electrons. The highest BCUT2D eigenvalue weighted by Crippen LogP contribution is 2.41. The largest absolute Gasteiger partial charge is 0.300 e. The molecular weight excluding hydrogens is 299 g/mol. The summed E-state index contributed by atoms with van der Waals surface area (Å²) >= 11 is 2.57. The van der Waals surface area contributed by atoms with Gasteiger partial charge in [0.1, 0.15) is 5.78 Å². The van der Waals surface area contributed by atoms with Crippen molar-refractivity contribution in [3.05, 3.63) is 0 Å². The molecule has 1 saturated carbocycles. The highest BCUT2D eigenvalue weighted by atomic mass is 127. The molecule has 0 N–H and O–H groups in total. The summed E-state index contributed by atoms with van der Waals surface area (Å²) in [6, 6.07) is 0. The number of unbranched alkanes of at least 4 members (excludes halogenated alkanes) is 5. The van der Waals surface area contributed by atoms with E-state index >= 15 is 0 Å². The standard InChI is InChI=1S/C13H23IO/c1-11(15)8-6-4-2-3-5-7-9-12-10-13(12)14/h12-13H,2-10H2,1H3/t12-,13-/m0/s1. The van der Waals surface area contributed by atoms with Crippen LogP contribution in [0.1, 0.15) is 64.7 Å². The SMILES string of the molecule is CC(=O)CCCCCCCC[C@H]1C[C@@H]1I. The minimum Gasteiger partial charge on any atom is -0.300 e.